The number of nitrogens with one attached hydrogen (secondary N) is 3. The average Bonchev–Trinajstić information content (AvgIpc) is 3.43. The standard InChI is InChI=1S/C17H29N3O3.C12H21N3O/c1-17(2,3)23-16(22)19-10-8-12(9-11-19)20-14-7-5-4-6-13(14)18-15(20)21;16-12-14-10-3-1-2-4-11(10)15(12)9-5-7-13-8-6-9/h12-14H,4-11H2,1-3H3,(H,18,21);9-11,13H,1-8H2,(H,14,16)/t13?,14-;10?,11-/m11/s1. The van der Waals surface area contributed by atoms with E-state index in [-0.39, 0.29) is 24.2 Å². The van der Waals surface area contributed by atoms with E-state index in [0.717, 1.165) is 51.6 Å². The summed E-state index contributed by atoms with van der Waals surface area (Å²) in [7, 11) is 0. The Labute approximate surface area is 233 Å². The lowest BCUT2D eigenvalue weighted by molar-refractivity contribution is 0.0151. The molecule has 220 valence electrons. The highest BCUT2D eigenvalue weighted by Crippen LogP contribution is 2.33. The number of ether oxygens (including phenoxy) is 1. The summed E-state index contributed by atoms with van der Waals surface area (Å²) >= 11 is 0. The van der Waals surface area contributed by atoms with E-state index < -0.39 is 5.60 Å². The molecule has 0 aromatic carbocycles. The van der Waals surface area contributed by atoms with Crippen LogP contribution < -0.4 is 16.0 Å². The molecule has 3 N–H and O–H groups in total. The smallest absolute Gasteiger partial charge is 0.410 e. The maximum atomic E-state index is 12.4. The van der Waals surface area contributed by atoms with E-state index in [4.69, 9.17) is 4.74 Å². The highest BCUT2D eigenvalue weighted by Gasteiger charge is 2.45. The molecular formula is C29H50N6O4. The molecule has 10 heteroatoms. The SMILES string of the molecule is CC(C)(C)OC(=O)N1CCC(N2C(=O)NC3CCCC[C@H]32)CC1.O=C1NC2CCCC[C@H]2N1C1CCNCC1. The van der Waals surface area contributed by atoms with Crippen LogP contribution in [0.2, 0.25) is 0 Å². The van der Waals surface area contributed by atoms with E-state index in [0.29, 0.717) is 43.3 Å². The second kappa shape index (κ2) is 12.1. The highest BCUT2D eigenvalue weighted by atomic mass is 16.6. The van der Waals surface area contributed by atoms with Crippen molar-refractivity contribution < 1.29 is 19.1 Å². The lowest BCUT2D eigenvalue weighted by Crippen LogP contribution is -2.51. The molecule has 5 amide bonds. The molecule has 2 aliphatic carbocycles. The Morgan fingerprint density at radius 2 is 1.18 bits per heavy atom. The number of rotatable bonds is 2. The van der Waals surface area contributed by atoms with Gasteiger partial charge in [-0.05, 0) is 85.2 Å². The second-order valence-electron chi connectivity index (χ2n) is 13.3. The summed E-state index contributed by atoms with van der Waals surface area (Å²) in [5.41, 5.74) is -0.460. The molecule has 0 bridgehead atoms. The molecular weight excluding hydrogens is 496 g/mol. The van der Waals surface area contributed by atoms with Gasteiger partial charge in [0.2, 0.25) is 0 Å². The van der Waals surface area contributed by atoms with Crippen LogP contribution in [0.4, 0.5) is 14.4 Å². The minimum Gasteiger partial charge on any atom is -0.444 e. The van der Waals surface area contributed by atoms with Crippen LogP contribution in [-0.2, 0) is 4.74 Å². The molecule has 0 radical (unpaired) electrons. The number of carbonyl (C=O) groups is 3. The van der Waals surface area contributed by atoms with Crippen LogP contribution in [0.15, 0.2) is 0 Å². The molecule has 6 fully saturated rings. The number of carbonyl (C=O) groups excluding carboxylic acids is 3. The Morgan fingerprint density at radius 3 is 1.67 bits per heavy atom. The number of hydrogen-bond acceptors (Lipinski definition) is 5. The Hall–Kier alpha value is -2.23. The monoisotopic (exact) mass is 546 g/mol. The van der Waals surface area contributed by atoms with Gasteiger partial charge in [0, 0.05) is 25.2 Å². The van der Waals surface area contributed by atoms with Gasteiger partial charge >= 0.3 is 18.2 Å². The summed E-state index contributed by atoms with van der Waals surface area (Å²) < 4.78 is 5.44. The zero-order valence-electron chi connectivity index (χ0n) is 24.3. The third kappa shape index (κ3) is 6.57. The van der Waals surface area contributed by atoms with Gasteiger partial charge < -0.3 is 35.4 Å². The summed E-state index contributed by atoms with van der Waals surface area (Å²) in [6.45, 7) is 9.11. The van der Waals surface area contributed by atoms with Gasteiger partial charge in [-0.25, -0.2) is 14.4 Å². The molecule has 4 heterocycles. The Bertz CT molecular complexity index is 879. The molecule has 0 aromatic rings. The zero-order valence-corrected chi connectivity index (χ0v) is 24.3. The summed E-state index contributed by atoms with van der Waals surface area (Å²) in [6.07, 6.45) is 13.3. The number of likely N-dealkylation sites (tertiary alicyclic amines) is 1. The molecule has 10 nitrogen and oxygen atoms in total. The van der Waals surface area contributed by atoms with Crippen molar-refractivity contribution in [1.82, 2.24) is 30.7 Å². The van der Waals surface area contributed by atoms with E-state index in [9.17, 15) is 14.4 Å². The predicted molar refractivity (Wildman–Crippen MR) is 150 cm³/mol. The number of amides is 5. The molecule has 0 spiro atoms. The van der Waals surface area contributed by atoms with Crippen LogP contribution in [0.5, 0.6) is 0 Å². The molecule has 6 rings (SSSR count). The lowest BCUT2D eigenvalue weighted by atomic mass is 9.89. The maximum absolute atomic E-state index is 12.4. The molecule has 4 aliphatic heterocycles. The van der Waals surface area contributed by atoms with Crippen LogP contribution in [0.3, 0.4) is 0 Å². The Morgan fingerprint density at radius 1 is 0.718 bits per heavy atom. The quantitative estimate of drug-likeness (QED) is 0.489. The van der Waals surface area contributed by atoms with Crippen molar-refractivity contribution in [2.24, 2.45) is 0 Å². The van der Waals surface area contributed by atoms with Gasteiger partial charge in [-0.1, -0.05) is 25.7 Å². The summed E-state index contributed by atoms with van der Waals surface area (Å²) in [5, 5.41) is 9.69. The van der Waals surface area contributed by atoms with Crippen molar-refractivity contribution in [3.63, 3.8) is 0 Å². The first-order valence-electron chi connectivity index (χ1n) is 15.6. The molecule has 4 saturated heterocycles. The molecule has 0 aromatic heterocycles. The van der Waals surface area contributed by atoms with Gasteiger partial charge in [0.05, 0.1) is 24.2 Å². The minimum absolute atomic E-state index is 0.0950. The van der Waals surface area contributed by atoms with Gasteiger partial charge in [-0.2, -0.15) is 0 Å². The fourth-order valence-electron chi connectivity index (χ4n) is 7.60. The van der Waals surface area contributed by atoms with Gasteiger partial charge in [-0.15, -0.1) is 0 Å². The average molecular weight is 547 g/mol. The molecule has 2 unspecified atom stereocenters. The van der Waals surface area contributed by atoms with Crippen molar-refractivity contribution in [2.45, 2.75) is 140 Å². The Balaban J connectivity index is 0.000000168. The van der Waals surface area contributed by atoms with Crippen LogP contribution in [-0.4, -0.2) is 101 Å². The summed E-state index contributed by atoms with van der Waals surface area (Å²) in [5.74, 6) is 0. The normalized spacial score (nSPS) is 32.0. The topological polar surface area (TPSA) is 106 Å². The Kier molecular flexibility index (Phi) is 8.79. The lowest BCUT2D eigenvalue weighted by Gasteiger charge is -2.40. The van der Waals surface area contributed by atoms with Gasteiger partial charge in [0.1, 0.15) is 5.60 Å². The van der Waals surface area contributed by atoms with Crippen LogP contribution in [0, 0.1) is 0 Å². The van der Waals surface area contributed by atoms with Crippen molar-refractivity contribution >= 4 is 18.2 Å². The first-order valence-corrected chi connectivity index (χ1v) is 15.6. The van der Waals surface area contributed by atoms with E-state index in [1.807, 2.05) is 20.8 Å². The van der Waals surface area contributed by atoms with Crippen molar-refractivity contribution in [2.75, 3.05) is 26.2 Å². The van der Waals surface area contributed by atoms with Gasteiger partial charge in [-0.3, -0.25) is 0 Å². The van der Waals surface area contributed by atoms with Crippen LogP contribution in [0.1, 0.15) is 97.8 Å². The molecule has 6 aliphatic rings. The number of hydrogen-bond donors (Lipinski definition) is 3. The molecule has 39 heavy (non-hydrogen) atoms. The third-order valence-corrected chi connectivity index (χ3v) is 9.47. The second-order valence-corrected chi connectivity index (χ2v) is 13.3. The number of fused-ring (bicyclic) bond motifs is 2. The number of urea groups is 2. The van der Waals surface area contributed by atoms with Gasteiger partial charge in [0.15, 0.2) is 0 Å². The number of nitrogens with zero attached hydrogens (tertiary/aromatic N) is 3. The third-order valence-electron chi connectivity index (χ3n) is 9.47. The van der Waals surface area contributed by atoms with E-state index in [2.05, 4.69) is 25.8 Å². The van der Waals surface area contributed by atoms with Crippen molar-refractivity contribution in [3.05, 3.63) is 0 Å². The first-order chi connectivity index (χ1) is 18.7. The van der Waals surface area contributed by atoms with Crippen molar-refractivity contribution in [3.8, 4) is 0 Å². The predicted octanol–water partition coefficient (Wildman–Crippen LogP) is 3.80. The maximum Gasteiger partial charge on any atom is 0.410 e. The van der Waals surface area contributed by atoms with E-state index in [1.54, 1.807) is 4.90 Å². The first kappa shape index (κ1) is 28.3. The fourth-order valence-corrected chi connectivity index (χ4v) is 7.60. The minimum atomic E-state index is -0.460. The van der Waals surface area contributed by atoms with Gasteiger partial charge in [0.25, 0.3) is 0 Å². The largest absolute Gasteiger partial charge is 0.444 e. The van der Waals surface area contributed by atoms with Crippen LogP contribution in [0.25, 0.3) is 0 Å². The molecule has 4 atom stereocenters. The van der Waals surface area contributed by atoms with E-state index in [1.165, 1.54) is 38.5 Å². The van der Waals surface area contributed by atoms with Crippen LogP contribution >= 0.6 is 0 Å². The van der Waals surface area contributed by atoms with E-state index >= 15 is 0 Å². The van der Waals surface area contributed by atoms with Crippen molar-refractivity contribution in [1.29, 1.82) is 0 Å². The zero-order chi connectivity index (χ0) is 27.6. The number of piperidine rings is 2. The summed E-state index contributed by atoms with van der Waals surface area (Å²) in [4.78, 5) is 42.6. The summed E-state index contributed by atoms with van der Waals surface area (Å²) in [6, 6.07) is 2.65. The molecule has 2 saturated carbocycles. The fraction of sp³-hybridized carbons (Fsp3) is 0.897. The highest BCUT2D eigenvalue weighted by molar-refractivity contribution is 5.78.